The fourth-order valence-corrected chi connectivity index (χ4v) is 4.51. The third-order valence-corrected chi connectivity index (χ3v) is 6.04. The van der Waals surface area contributed by atoms with E-state index in [4.69, 9.17) is 14.2 Å². The minimum Gasteiger partial charge on any atom is -0.493 e. The number of allylic oxidation sites excluding steroid dienone is 4. The van der Waals surface area contributed by atoms with Crippen LogP contribution >= 0.6 is 22.6 Å². The molecule has 1 heterocycles. The lowest BCUT2D eigenvalue weighted by molar-refractivity contribution is -0.113. The Balaban J connectivity index is 1.80. The summed E-state index contributed by atoms with van der Waals surface area (Å²) in [6.07, 6.45) is 5.39. The average molecular weight is 571 g/mol. The zero-order valence-corrected chi connectivity index (χ0v) is 21.0. The first kappa shape index (κ1) is 23.8. The smallest absolute Gasteiger partial charge is 0.186 e. The van der Waals surface area contributed by atoms with Gasteiger partial charge in [0.25, 0.3) is 0 Å². The van der Waals surface area contributed by atoms with E-state index in [0.29, 0.717) is 58.3 Å². The van der Waals surface area contributed by atoms with E-state index in [1.54, 1.807) is 26.4 Å². The van der Waals surface area contributed by atoms with Gasteiger partial charge in [-0.2, -0.15) is 0 Å². The number of hydrogen-bond donors (Lipinski definition) is 1. The number of methoxy groups -OCH3 is 2. The van der Waals surface area contributed by atoms with Crippen molar-refractivity contribution in [3.05, 3.63) is 63.5 Å². The number of fused-ring (bicyclic) bond motifs is 1. The zero-order valence-electron chi connectivity index (χ0n) is 18.8. The maximum atomic E-state index is 12.6. The van der Waals surface area contributed by atoms with Crippen molar-refractivity contribution in [1.82, 2.24) is 9.97 Å². The van der Waals surface area contributed by atoms with Gasteiger partial charge >= 0.3 is 0 Å². The maximum Gasteiger partial charge on any atom is 0.186 e. The number of nitrogens with zero attached hydrogens (tertiary/aromatic N) is 2. The third-order valence-electron chi connectivity index (χ3n) is 5.18. The van der Waals surface area contributed by atoms with Crippen LogP contribution in [0.15, 0.2) is 48.8 Å². The van der Waals surface area contributed by atoms with E-state index < -0.39 is 0 Å². The molecule has 2 aromatic carbocycles. The number of benzene rings is 2. The van der Waals surface area contributed by atoms with Gasteiger partial charge in [0.2, 0.25) is 0 Å². The normalized spacial score (nSPS) is 13.2. The molecule has 8 nitrogen and oxygen atoms in total. The van der Waals surface area contributed by atoms with Crippen molar-refractivity contribution in [3.63, 3.8) is 0 Å². The summed E-state index contributed by atoms with van der Waals surface area (Å²) < 4.78 is 17.2. The molecule has 4 rings (SSSR count). The Labute approximate surface area is 210 Å². The number of rotatable bonds is 8. The summed E-state index contributed by atoms with van der Waals surface area (Å²) in [6.45, 7) is 2.76. The average Bonchev–Trinajstić information content (AvgIpc) is 2.82. The van der Waals surface area contributed by atoms with Gasteiger partial charge < -0.3 is 19.5 Å². The van der Waals surface area contributed by atoms with Gasteiger partial charge in [0.15, 0.2) is 23.1 Å². The predicted octanol–water partition coefficient (Wildman–Crippen LogP) is 4.41. The van der Waals surface area contributed by atoms with Gasteiger partial charge in [-0.3, -0.25) is 9.59 Å². The molecule has 0 aliphatic heterocycles. The number of ether oxygens (including phenoxy) is 3. The summed E-state index contributed by atoms with van der Waals surface area (Å²) in [5, 5.41) is 4.07. The van der Waals surface area contributed by atoms with Crippen LogP contribution in [-0.4, -0.2) is 49.0 Å². The lowest BCUT2D eigenvalue weighted by atomic mass is 9.93. The number of halogens is 1. The van der Waals surface area contributed by atoms with E-state index in [9.17, 15) is 9.59 Å². The van der Waals surface area contributed by atoms with Gasteiger partial charge in [0, 0.05) is 33.3 Å². The molecule has 1 aliphatic rings. The number of ketones is 2. The molecule has 0 bridgehead atoms. The molecule has 0 fully saturated rings. The van der Waals surface area contributed by atoms with Crippen LogP contribution < -0.4 is 14.8 Å². The lowest BCUT2D eigenvalue weighted by Crippen LogP contribution is -2.10. The number of anilines is 2. The van der Waals surface area contributed by atoms with Gasteiger partial charge in [0.1, 0.15) is 18.8 Å². The second-order valence-electron chi connectivity index (χ2n) is 7.54. The van der Waals surface area contributed by atoms with Crippen LogP contribution in [0.5, 0.6) is 11.5 Å². The van der Waals surface area contributed by atoms with Crippen molar-refractivity contribution in [3.8, 4) is 11.5 Å². The van der Waals surface area contributed by atoms with E-state index in [2.05, 4.69) is 37.9 Å². The Morgan fingerprint density at radius 3 is 2.59 bits per heavy atom. The highest BCUT2D eigenvalue weighted by atomic mass is 127. The molecule has 1 aromatic heterocycles. The molecule has 174 valence electrons. The minimum atomic E-state index is -0.227. The molecule has 0 radical (unpaired) electrons. The van der Waals surface area contributed by atoms with E-state index in [0.717, 1.165) is 9.13 Å². The molecule has 0 saturated carbocycles. The summed E-state index contributed by atoms with van der Waals surface area (Å²) >= 11 is 2.20. The van der Waals surface area contributed by atoms with E-state index in [1.807, 2.05) is 19.1 Å². The first-order valence-electron chi connectivity index (χ1n) is 10.4. The van der Waals surface area contributed by atoms with Crippen LogP contribution in [0.1, 0.15) is 11.1 Å². The quantitative estimate of drug-likeness (QED) is 0.241. The van der Waals surface area contributed by atoms with Crippen molar-refractivity contribution in [2.75, 3.05) is 32.8 Å². The Morgan fingerprint density at radius 1 is 1.00 bits per heavy atom. The summed E-state index contributed by atoms with van der Waals surface area (Å²) in [7, 11) is 3.17. The Bertz CT molecular complexity index is 1350. The highest BCUT2D eigenvalue weighted by molar-refractivity contribution is 14.1. The molecule has 0 amide bonds. The summed E-state index contributed by atoms with van der Waals surface area (Å²) in [4.78, 5) is 33.4. The molecular weight excluding hydrogens is 549 g/mol. The molecule has 34 heavy (non-hydrogen) atoms. The second kappa shape index (κ2) is 10.3. The third kappa shape index (κ3) is 4.95. The number of carbonyl (C=O) groups is 2. The zero-order chi connectivity index (χ0) is 24.2. The van der Waals surface area contributed by atoms with Crippen LogP contribution in [-0.2, 0) is 14.3 Å². The van der Waals surface area contributed by atoms with Crippen molar-refractivity contribution < 1.29 is 23.8 Å². The number of aromatic nitrogens is 2. The molecule has 0 spiro atoms. The number of carbonyl (C=O) groups excluding carboxylic acids is 2. The topological polar surface area (TPSA) is 99.6 Å². The van der Waals surface area contributed by atoms with E-state index >= 15 is 0 Å². The minimum absolute atomic E-state index is 0.226. The number of hydrogen-bond acceptors (Lipinski definition) is 8. The lowest BCUT2D eigenvalue weighted by Gasteiger charge is -2.18. The molecule has 3 aromatic rings. The molecule has 0 saturated heterocycles. The van der Waals surface area contributed by atoms with Gasteiger partial charge in [-0.05, 0) is 71.5 Å². The summed E-state index contributed by atoms with van der Waals surface area (Å²) in [5.41, 5.74) is 3.26. The Kier molecular flexibility index (Phi) is 7.23. The fourth-order valence-electron chi connectivity index (χ4n) is 3.59. The highest BCUT2D eigenvalue weighted by Crippen LogP contribution is 2.38. The molecular formula is C25H22IN3O5. The summed E-state index contributed by atoms with van der Waals surface area (Å²) in [6, 6.07) is 7.46. The maximum absolute atomic E-state index is 12.6. The standard InChI is InChI=1S/C25H22IN3O5/c1-14-8-17(16-10-15(30)4-5-21(16)31)24(19(26)9-14)29-25-18-11-22(33-3)23(34-7-6-32-2)12-20(18)27-13-28-25/h4-5,8-13H,6-7H2,1-3H3,(H,27,28,29). The first-order valence-corrected chi connectivity index (χ1v) is 11.5. The molecule has 0 unspecified atom stereocenters. The fraction of sp³-hybridized carbons (Fsp3) is 0.200. The van der Waals surface area contributed by atoms with Crippen molar-refractivity contribution in [2.45, 2.75) is 6.92 Å². The van der Waals surface area contributed by atoms with Gasteiger partial charge in [-0.25, -0.2) is 9.97 Å². The first-order chi connectivity index (χ1) is 16.4. The molecule has 1 aliphatic carbocycles. The van der Waals surface area contributed by atoms with Gasteiger partial charge in [0.05, 0.1) is 24.9 Å². The van der Waals surface area contributed by atoms with Gasteiger partial charge in [-0.15, -0.1) is 0 Å². The number of aryl methyl sites for hydroxylation is 1. The van der Waals surface area contributed by atoms with Crippen molar-refractivity contribution in [2.24, 2.45) is 0 Å². The van der Waals surface area contributed by atoms with Crippen LogP contribution in [0.2, 0.25) is 0 Å². The Hall–Kier alpha value is -3.31. The second-order valence-corrected chi connectivity index (χ2v) is 8.70. The highest BCUT2D eigenvalue weighted by Gasteiger charge is 2.21. The SMILES string of the molecule is COCCOc1cc2ncnc(Nc3c(I)cc(C)cc3C3=CC(=O)C=CC3=O)c2cc1OC. The van der Waals surface area contributed by atoms with Crippen molar-refractivity contribution in [1.29, 1.82) is 0 Å². The molecule has 0 atom stereocenters. The van der Waals surface area contributed by atoms with E-state index in [-0.39, 0.29) is 11.6 Å². The van der Waals surface area contributed by atoms with Crippen LogP contribution in [0, 0.1) is 10.5 Å². The van der Waals surface area contributed by atoms with E-state index in [1.165, 1.54) is 24.6 Å². The van der Waals surface area contributed by atoms with Crippen LogP contribution in [0.25, 0.3) is 16.5 Å². The molecule has 1 N–H and O–H groups in total. The summed E-state index contributed by atoms with van der Waals surface area (Å²) in [5.74, 6) is 1.15. The van der Waals surface area contributed by atoms with Crippen LogP contribution in [0.3, 0.4) is 0 Å². The monoisotopic (exact) mass is 571 g/mol. The Morgan fingerprint density at radius 2 is 1.82 bits per heavy atom. The van der Waals surface area contributed by atoms with Crippen molar-refractivity contribution >= 4 is 62.1 Å². The predicted molar refractivity (Wildman–Crippen MR) is 138 cm³/mol. The number of nitrogens with one attached hydrogen (secondary N) is 1. The molecule has 9 heteroatoms. The van der Waals surface area contributed by atoms with Gasteiger partial charge in [-0.1, -0.05) is 0 Å². The largest absolute Gasteiger partial charge is 0.493 e. The van der Waals surface area contributed by atoms with Crippen LogP contribution in [0.4, 0.5) is 11.5 Å².